The molecule has 0 fully saturated rings. The molecular formula is C10H13F2NO. The second-order valence-electron chi connectivity index (χ2n) is 2.96. The lowest BCUT2D eigenvalue weighted by Crippen LogP contribution is -2.25. The quantitative estimate of drug-likeness (QED) is 0.809. The first-order valence-electron chi connectivity index (χ1n) is 4.49. The molecule has 1 rings (SSSR count). The molecular weight excluding hydrogens is 188 g/mol. The maximum Gasteiger partial charge on any atom is 0.162 e. The van der Waals surface area contributed by atoms with Crippen molar-refractivity contribution in [2.45, 2.75) is 19.4 Å². The molecule has 0 aliphatic carbocycles. The van der Waals surface area contributed by atoms with Gasteiger partial charge in [-0.1, -0.05) is 6.92 Å². The van der Waals surface area contributed by atoms with Gasteiger partial charge in [0.2, 0.25) is 0 Å². The van der Waals surface area contributed by atoms with Crippen LogP contribution in [0.15, 0.2) is 18.2 Å². The highest BCUT2D eigenvalue weighted by Gasteiger charge is 2.08. The summed E-state index contributed by atoms with van der Waals surface area (Å²) in [4.78, 5) is 0. The molecule has 0 radical (unpaired) electrons. The van der Waals surface area contributed by atoms with Crippen LogP contribution in [0, 0.1) is 11.6 Å². The molecule has 0 saturated carbocycles. The van der Waals surface area contributed by atoms with E-state index in [1.54, 1.807) is 0 Å². The molecule has 2 N–H and O–H groups in total. The first-order valence-corrected chi connectivity index (χ1v) is 4.49. The summed E-state index contributed by atoms with van der Waals surface area (Å²) in [5.74, 6) is -1.48. The zero-order valence-corrected chi connectivity index (χ0v) is 7.97. The lowest BCUT2D eigenvalue weighted by atomic mass is 10.2. The molecule has 1 aromatic rings. The van der Waals surface area contributed by atoms with Gasteiger partial charge in [0.05, 0.1) is 0 Å². The number of nitrogens with two attached hydrogens (primary N) is 1. The third kappa shape index (κ3) is 2.67. The molecule has 78 valence electrons. The Bertz CT molecular complexity index is 300. The Balaban J connectivity index is 2.72. The van der Waals surface area contributed by atoms with Gasteiger partial charge < -0.3 is 10.5 Å². The van der Waals surface area contributed by atoms with Gasteiger partial charge in [0, 0.05) is 12.6 Å². The number of benzene rings is 1. The molecule has 1 atom stereocenters. The van der Waals surface area contributed by atoms with Crippen molar-refractivity contribution in [1.29, 1.82) is 0 Å². The number of halogens is 2. The van der Waals surface area contributed by atoms with Gasteiger partial charge in [0.1, 0.15) is 11.9 Å². The van der Waals surface area contributed by atoms with Crippen molar-refractivity contribution in [2.75, 3.05) is 6.54 Å². The van der Waals surface area contributed by atoms with E-state index in [2.05, 4.69) is 0 Å². The van der Waals surface area contributed by atoms with Crippen LogP contribution in [0.5, 0.6) is 5.75 Å². The van der Waals surface area contributed by atoms with E-state index < -0.39 is 11.6 Å². The summed E-state index contributed by atoms with van der Waals surface area (Å²) in [6.07, 6.45) is 0.579. The maximum absolute atomic E-state index is 12.8. The number of ether oxygens (including phenoxy) is 1. The Labute approximate surface area is 81.7 Å². The Kier molecular flexibility index (Phi) is 3.83. The molecule has 0 amide bonds. The van der Waals surface area contributed by atoms with Gasteiger partial charge >= 0.3 is 0 Å². The molecule has 14 heavy (non-hydrogen) atoms. The summed E-state index contributed by atoms with van der Waals surface area (Å²) >= 11 is 0. The van der Waals surface area contributed by atoms with Crippen molar-refractivity contribution >= 4 is 0 Å². The monoisotopic (exact) mass is 201 g/mol. The van der Waals surface area contributed by atoms with Gasteiger partial charge in [-0.05, 0) is 18.6 Å². The van der Waals surface area contributed by atoms with Crippen LogP contribution in [0.25, 0.3) is 0 Å². The van der Waals surface area contributed by atoms with E-state index in [1.807, 2.05) is 6.92 Å². The van der Waals surface area contributed by atoms with Crippen LogP contribution in [0.3, 0.4) is 0 Å². The molecule has 1 aromatic carbocycles. The van der Waals surface area contributed by atoms with E-state index in [1.165, 1.54) is 6.07 Å². The number of hydrogen-bond acceptors (Lipinski definition) is 2. The van der Waals surface area contributed by atoms with Gasteiger partial charge in [-0.2, -0.15) is 0 Å². The Morgan fingerprint density at radius 1 is 1.36 bits per heavy atom. The molecule has 0 aliphatic heterocycles. The Morgan fingerprint density at radius 3 is 2.57 bits per heavy atom. The van der Waals surface area contributed by atoms with Gasteiger partial charge in [0.15, 0.2) is 11.6 Å². The average molecular weight is 201 g/mol. The molecule has 1 unspecified atom stereocenters. The zero-order chi connectivity index (χ0) is 10.6. The first kappa shape index (κ1) is 10.9. The number of hydrogen-bond donors (Lipinski definition) is 1. The third-order valence-electron chi connectivity index (χ3n) is 1.91. The van der Waals surface area contributed by atoms with Crippen LogP contribution in [-0.4, -0.2) is 12.6 Å². The predicted molar refractivity (Wildman–Crippen MR) is 50.1 cm³/mol. The topological polar surface area (TPSA) is 35.2 Å². The standard InChI is InChI=1S/C10H13F2NO/c1-2-7(6-13)14-8-3-4-9(11)10(12)5-8/h3-5,7H,2,6,13H2,1H3. The fourth-order valence-corrected chi connectivity index (χ4v) is 1.04. The van der Waals surface area contributed by atoms with Crippen molar-refractivity contribution < 1.29 is 13.5 Å². The van der Waals surface area contributed by atoms with Crippen molar-refractivity contribution in [3.05, 3.63) is 29.8 Å². The normalized spacial score (nSPS) is 12.6. The van der Waals surface area contributed by atoms with Crippen LogP contribution in [0.4, 0.5) is 8.78 Å². The molecule has 0 spiro atoms. The highest BCUT2D eigenvalue weighted by Crippen LogP contribution is 2.17. The lowest BCUT2D eigenvalue weighted by molar-refractivity contribution is 0.204. The van der Waals surface area contributed by atoms with Crippen LogP contribution >= 0.6 is 0 Å². The molecule has 0 aromatic heterocycles. The second kappa shape index (κ2) is 4.91. The lowest BCUT2D eigenvalue weighted by Gasteiger charge is -2.15. The Hall–Kier alpha value is -1.16. The highest BCUT2D eigenvalue weighted by atomic mass is 19.2. The summed E-state index contributed by atoms with van der Waals surface area (Å²) in [5, 5.41) is 0. The van der Waals surface area contributed by atoms with E-state index >= 15 is 0 Å². The maximum atomic E-state index is 12.8. The second-order valence-corrected chi connectivity index (χ2v) is 2.96. The van der Waals surface area contributed by atoms with E-state index in [-0.39, 0.29) is 6.10 Å². The fraction of sp³-hybridized carbons (Fsp3) is 0.400. The van der Waals surface area contributed by atoms with Crippen LogP contribution in [0.1, 0.15) is 13.3 Å². The fourth-order valence-electron chi connectivity index (χ4n) is 1.04. The zero-order valence-electron chi connectivity index (χ0n) is 7.97. The van der Waals surface area contributed by atoms with Gasteiger partial charge in [-0.25, -0.2) is 8.78 Å². The summed E-state index contributed by atoms with van der Waals surface area (Å²) in [6, 6.07) is 3.44. The smallest absolute Gasteiger partial charge is 0.162 e. The van der Waals surface area contributed by atoms with E-state index in [9.17, 15) is 8.78 Å². The minimum Gasteiger partial charge on any atom is -0.489 e. The van der Waals surface area contributed by atoms with E-state index in [0.717, 1.165) is 18.6 Å². The number of rotatable bonds is 4. The minimum absolute atomic E-state index is 0.153. The molecule has 0 heterocycles. The van der Waals surface area contributed by atoms with Crippen LogP contribution < -0.4 is 10.5 Å². The molecule has 0 aliphatic rings. The van der Waals surface area contributed by atoms with E-state index in [4.69, 9.17) is 10.5 Å². The SMILES string of the molecule is CCC(CN)Oc1ccc(F)c(F)c1. The highest BCUT2D eigenvalue weighted by molar-refractivity contribution is 5.23. The van der Waals surface area contributed by atoms with Gasteiger partial charge in [0.25, 0.3) is 0 Å². The minimum atomic E-state index is -0.908. The van der Waals surface area contributed by atoms with Crippen LogP contribution in [0.2, 0.25) is 0 Å². The van der Waals surface area contributed by atoms with Gasteiger partial charge in [-0.3, -0.25) is 0 Å². The summed E-state index contributed by atoms with van der Waals surface area (Å²) in [5.41, 5.74) is 5.41. The van der Waals surface area contributed by atoms with Crippen molar-refractivity contribution in [3.63, 3.8) is 0 Å². The van der Waals surface area contributed by atoms with Crippen molar-refractivity contribution in [1.82, 2.24) is 0 Å². The summed E-state index contributed by atoms with van der Waals surface area (Å²) < 4.78 is 30.6. The molecule has 2 nitrogen and oxygen atoms in total. The van der Waals surface area contributed by atoms with Gasteiger partial charge in [-0.15, -0.1) is 0 Å². The predicted octanol–water partition coefficient (Wildman–Crippen LogP) is 2.08. The van der Waals surface area contributed by atoms with Crippen molar-refractivity contribution in [3.8, 4) is 5.75 Å². The first-order chi connectivity index (χ1) is 6.67. The molecule has 0 saturated heterocycles. The largest absolute Gasteiger partial charge is 0.489 e. The molecule has 0 bridgehead atoms. The third-order valence-corrected chi connectivity index (χ3v) is 1.91. The summed E-state index contributed by atoms with van der Waals surface area (Å²) in [6.45, 7) is 2.27. The average Bonchev–Trinajstić information content (AvgIpc) is 2.19. The Morgan fingerprint density at radius 2 is 2.07 bits per heavy atom. The van der Waals surface area contributed by atoms with Crippen molar-refractivity contribution in [2.24, 2.45) is 5.73 Å². The summed E-state index contributed by atoms with van der Waals surface area (Å²) in [7, 11) is 0. The van der Waals surface area contributed by atoms with E-state index in [0.29, 0.717) is 12.3 Å². The van der Waals surface area contributed by atoms with Crippen LogP contribution in [-0.2, 0) is 0 Å². The molecule has 4 heteroatoms.